The molecule has 0 amide bonds. The molecule has 0 fully saturated rings. The highest BCUT2D eigenvalue weighted by Gasteiger charge is 2.21. The zero-order chi connectivity index (χ0) is 15.1. The molecule has 0 aliphatic heterocycles. The number of aromatic nitrogens is 4. The fourth-order valence-electron chi connectivity index (χ4n) is 2.11. The third-order valence-electron chi connectivity index (χ3n) is 2.92. The SMILES string of the molecule is Cc1nc(Cl)c2c(n1)[nH]c(=O)n2-c1ccccc1[N+](=O)[O-]. The van der Waals surface area contributed by atoms with Crippen LogP contribution in [0.4, 0.5) is 5.69 Å². The van der Waals surface area contributed by atoms with Gasteiger partial charge in [-0.15, -0.1) is 0 Å². The number of fused-ring (bicyclic) bond motifs is 1. The van der Waals surface area contributed by atoms with Crippen molar-refractivity contribution in [2.75, 3.05) is 0 Å². The maximum atomic E-state index is 12.1. The molecule has 0 aliphatic rings. The van der Waals surface area contributed by atoms with Crippen LogP contribution >= 0.6 is 11.6 Å². The van der Waals surface area contributed by atoms with Crippen LogP contribution in [-0.2, 0) is 0 Å². The highest BCUT2D eigenvalue weighted by atomic mass is 35.5. The molecule has 1 N–H and O–H groups in total. The number of nitrogens with one attached hydrogen (secondary N) is 1. The van der Waals surface area contributed by atoms with Gasteiger partial charge in [-0.3, -0.25) is 15.1 Å². The molecule has 0 unspecified atom stereocenters. The lowest BCUT2D eigenvalue weighted by atomic mass is 10.2. The molecule has 1 aromatic carbocycles. The highest BCUT2D eigenvalue weighted by molar-refractivity contribution is 6.33. The second-order valence-corrected chi connectivity index (χ2v) is 4.63. The van der Waals surface area contributed by atoms with Gasteiger partial charge in [-0.05, 0) is 13.0 Å². The topological polar surface area (TPSA) is 107 Å². The minimum atomic E-state index is -0.568. The number of hydrogen-bond acceptors (Lipinski definition) is 5. The molecular weight excluding hydrogens is 298 g/mol. The van der Waals surface area contributed by atoms with Gasteiger partial charge in [0.15, 0.2) is 10.8 Å². The first-order valence-electron chi connectivity index (χ1n) is 5.87. The van der Waals surface area contributed by atoms with Crippen LogP contribution in [0.15, 0.2) is 29.1 Å². The lowest BCUT2D eigenvalue weighted by Gasteiger charge is -2.05. The Morgan fingerprint density at radius 2 is 2.05 bits per heavy atom. The lowest BCUT2D eigenvalue weighted by molar-refractivity contribution is -0.384. The molecule has 2 heterocycles. The van der Waals surface area contributed by atoms with E-state index in [4.69, 9.17) is 11.6 Å². The highest BCUT2D eigenvalue weighted by Crippen LogP contribution is 2.26. The summed E-state index contributed by atoms with van der Waals surface area (Å²) in [5.74, 6) is 0.392. The Bertz CT molecular complexity index is 930. The van der Waals surface area contributed by atoms with Crippen molar-refractivity contribution in [2.45, 2.75) is 6.92 Å². The van der Waals surface area contributed by atoms with Gasteiger partial charge in [0, 0.05) is 6.07 Å². The van der Waals surface area contributed by atoms with Crippen LogP contribution in [0.5, 0.6) is 0 Å². The summed E-state index contributed by atoms with van der Waals surface area (Å²) in [5, 5.41) is 11.2. The van der Waals surface area contributed by atoms with E-state index in [0.29, 0.717) is 5.82 Å². The third kappa shape index (κ3) is 2.05. The zero-order valence-electron chi connectivity index (χ0n) is 10.7. The van der Waals surface area contributed by atoms with Gasteiger partial charge in [-0.1, -0.05) is 23.7 Å². The fraction of sp³-hybridized carbons (Fsp3) is 0.0833. The standard InChI is InChI=1S/C12H8ClN5O3/c1-6-14-10(13)9-11(15-6)16-12(19)17(9)7-4-2-3-5-8(7)18(20)21/h2-5H,1H3,(H,14,15,16,19). The molecule has 21 heavy (non-hydrogen) atoms. The quantitative estimate of drug-likeness (QED) is 0.442. The molecule has 0 atom stereocenters. The summed E-state index contributed by atoms with van der Waals surface area (Å²) in [4.78, 5) is 33.3. The first-order chi connectivity index (χ1) is 9.99. The third-order valence-corrected chi connectivity index (χ3v) is 3.19. The molecule has 0 saturated carbocycles. The average Bonchev–Trinajstić information content (AvgIpc) is 2.74. The first kappa shape index (κ1) is 13.3. The number of rotatable bonds is 2. The Morgan fingerprint density at radius 1 is 1.33 bits per heavy atom. The van der Waals surface area contributed by atoms with Crippen molar-refractivity contribution < 1.29 is 4.92 Å². The number of nitro groups is 1. The van der Waals surface area contributed by atoms with Crippen molar-refractivity contribution in [3.63, 3.8) is 0 Å². The van der Waals surface area contributed by atoms with Crippen LogP contribution in [0.25, 0.3) is 16.9 Å². The second-order valence-electron chi connectivity index (χ2n) is 4.27. The maximum Gasteiger partial charge on any atom is 0.332 e. The summed E-state index contributed by atoms with van der Waals surface area (Å²) in [7, 11) is 0. The van der Waals surface area contributed by atoms with E-state index in [0.717, 1.165) is 4.57 Å². The van der Waals surface area contributed by atoms with Crippen molar-refractivity contribution in [3.8, 4) is 5.69 Å². The predicted octanol–water partition coefficient (Wildman–Crippen LogP) is 1.98. The van der Waals surface area contributed by atoms with Crippen LogP contribution in [-0.4, -0.2) is 24.4 Å². The zero-order valence-corrected chi connectivity index (χ0v) is 11.5. The van der Waals surface area contributed by atoms with Gasteiger partial charge in [0.1, 0.15) is 17.0 Å². The number of H-pyrrole nitrogens is 1. The van der Waals surface area contributed by atoms with Crippen molar-refractivity contribution in [3.05, 3.63) is 55.8 Å². The van der Waals surface area contributed by atoms with Crippen LogP contribution in [0.3, 0.4) is 0 Å². The predicted molar refractivity (Wildman–Crippen MR) is 75.9 cm³/mol. The molecule has 2 aromatic heterocycles. The van der Waals surface area contributed by atoms with Crippen molar-refractivity contribution in [1.82, 2.24) is 19.5 Å². The number of halogens is 1. The summed E-state index contributed by atoms with van der Waals surface area (Å²) in [6.07, 6.45) is 0. The fourth-order valence-corrected chi connectivity index (χ4v) is 2.41. The molecular formula is C12H8ClN5O3. The summed E-state index contributed by atoms with van der Waals surface area (Å²) >= 11 is 6.06. The summed E-state index contributed by atoms with van der Waals surface area (Å²) < 4.78 is 1.11. The summed E-state index contributed by atoms with van der Waals surface area (Å²) in [6, 6.07) is 5.88. The Labute approximate surface area is 122 Å². The maximum absolute atomic E-state index is 12.1. The van der Waals surface area contributed by atoms with E-state index in [2.05, 4.69) is 15.0 Å². The average molecular weight is 306 g/mol. The molecule has 8 nitrogen and oxygen atoms in total. The number of para-hydroxylation sites is 2. The van der Waals surface area contributed by atoms with Gasteiger partial charge in [-0.25, -0.2) is 19.3 Å². The van der Waals surface area contributed by atoms with E-state index in [1.165, 1.54) is 18.2 Å². The second kappa shape index (κ2) is 4.67. The Kier molecular flexibility index (Phi) is 2.95. The van der Waals surface area contributed by atoms with E-state index < -0.39 is 10.6 Å². The number of benzene rings is 1. The van der Waals surface area contributed by atoms with Gasteiger partial charge in [-0.2, -0.15) is 0 Å². The van der Waals surface area contributed by atoms with Gasteiger partial charge in [0.05, 0.1) is 4.92 Å². The molecule has 3 aromatic rings. The number of aryl methyl sites for hydroxylation is 1. The van der Waals surface area contributed by atoms with Crippen LogP contribution in [0.1, 0.15) is 5.82 Å². The van der Waals surface area contributed by atoms with Crippen LogP contribution in [0.2, 0.25) is 5.15 Å². The Hall–Kier alpha value is -2.74. The molecule has 106 valence electrons. The van der Waals surface area contributed by atoms with Gasteiger partial charge in [0.2, 0.25) is 0 Å². The largest absolute Gasteiger partial charge is 0.332 e. The number of nitrogens with zero attached hydrogens (tertiary/aromatic N) is 4. The molecule has 0 aliphatic carbocycles. The summed E-state index contributed by atoms with van der Waals surface area (Å²) in [6.45, 7) is 1.63. The number of aromatic amines is 1. The van der Waals surface area contributed by atoms with E-state index in [9.17, 15) is 14.9 Å². The Balaban J connectivity index is 2.44. The molecule has 3 rings (SSSR count). The van der Waals surface area contributed by atoms with E-state index in [1.807, 2.05) is 0 Å². The minimum absolute atomic E-state index is 0.0500. The van der Waals surface area contributed by atoms with Crippen LogP contribution < -0.4 is 5.69 Å². The van der Waals surface area contributed by atoms with Crippen molar-refractivity contribution >= 4 is 28.5 Å². The number of hydrogen-bond donors (Lipinski definition) is 1. The Morgan fingerprint density at radius 3 is 2.76 bits per heavy atom. The van der Waals surface area contributed by atoms with Gasteiger partial charge < -0.3 is 0 Å². The van der Waals surface area contributed by atoms with E-state index >= 15 is 0 Å². The first-order valence-corrected chi connectivity index (χ1v) is 6.25. The minimum Gasteiger partial charge on any atom is -0.290 e. The monoisotopic (exact) mass is 305 g/mol. The normalized spacial score (nSPS) is 11.0. The number of nitro benzene ring substituents is 1. The molecule has 0 saturated heterocycles. The van der Waals surface area contributed by atoms with E-state index in [1.54, 1.807) is 13.0 Å². The molecule has 0 radical (unpaired) electrons. The van der Waals surface area contributed by atoms with Crippen molar-refractivity contribution in [2.24, 2.45) is 0 Å². The van der Waals surface area contributed by atoms with Crippen molar-refractivity contribution in [1.29, 1.82) is 0 Å². The molecule has 0 spiro atoms. The van der Waals surface area contributed by atoms with Gasteiger partial charge >= 0.3 is 5.69 Å². The summed E-state index contributed by atoms with van der Waals surface area (Å²) in [5.41, 5.74) is -0.233. The number of imidazole rings is 1. The van der Waals surface area contributed by atoms with E-state index in [-0.39, 0.29) is 27.7 Å². The molecule has 0 bridgehead atoms. The van der Waals surface area contributed by atoms with Gasteiger partial charge in [0.25, 0.3) is 5.69 Å². The smallest absolute Gasteiger partial charge is 0.290 e. The molecule has 9 heteroatoms. The lowest BCUT2D eigenvalue weighted by Crippen LogP contribution is -2.16. The van der Waals surface area contributed by atoms with Crippen LogP contribution in [0, 0.1) is 17.0 Å².